The van der Waals surface area contributed by atoms with Crippen molar-refractivity contribution in [3.05, 3.63) is 60.2 Å². The predicted molar refractivity (Wildman–Crippen MR) is 78.7 cm³/mol. The van der Waals surface area contributed by atoms with Crippen LogP contribution in [0.15, 0.2) is 54.6 Å². The fourth-order valence-electron chi connectivity index (χ4n) is 2.95. The lowest BCUT2D eigenvalue weighted by atomic mass is 9.92. The maximum Gasteiger partial charge on any atom is 0.249 e. The van der Waals surface area contributed by atoms with Crippen LogP contribution in [0, 0.1) is 0 Å². The second-order valence-electron chi connectivity index (χ2n) is 4.83. The van der Waals surface area contributed by atoms with Gasteiger partial charge in [-0.2, -0.15) is 0 Å². The first kappa shape index (κ1) is 10.3. The van der Waals surface area contributed by atoms with Gasteiger partial charge in [-0.25, -0.2) is 0 Å². The van der Waals surface area contributed by atoms with Crippen molar-refractivity contribution in [1.29, 1.82) is 0 Å². The molecular formula is C17H11NO. The van der Waals surface area contributed by atoms with Gasteiger partial charge in [-0.15, -0.1) is 0 Å². The molecule has 0 saturated heterocycles. The normalized spacial score (nSPS) is 11.6. The summed E-state index contributed by atoms with van der Waals surface area (Å²) < 4.78 is 0. The van der Waals surface area contributed by atoms with Crippen molar-refractivity contribution >= 4 is 38.2 Å². The summed E-state index contributed by atoms with van der Waals surface area (Å²) in [6.07, 6.45) is 0. The standard InChI is InChI=1S/C17H11NO/c18-17(19)14-9-7-12-5-4-10-2-1-3-11-6-8-13(14)16(12)15(10)11/h1-9H,(H2,18,19). The Labute approximate surface area is 109 Å². The van der Waals surface area contributed by atoms with Crippen LogP contribution in [0.4, 0.5) is 0 Å². The third-order valence-electron chi connectivity index (χ3n) is 3.79. The molecule has 4 aromatic rings. The zero-order valence-corrected chi connectivity index (χ0v) is 10.2. The summed E-state index contributed by atoms with van der Waals surface area (Å²) in [5.41, 5.74) is 6.06. The summed E-state index contributed by atoms with van der Waals surface area (Å²) in [6.45, 7) is 0. The molecule has 0 aromatic heterocycles. The van der Waals surface area contributed by atoms with Crippen molar-refractivity contribution in [3.63, 3.8) is 0 Å². The highest BCUT2D eigenvalue weighted by molar-refractivity contribution is 6.26. The fraction of sp³-hybridized carbons (Fsp3) is 0. The molecule has 0 aliphatic heterocycles. The molecule has 0 aliphatic rings. The van der Waals surface area contributed by atoms with Gasteiger partial charge in [0.25, 0.3) is 0 Å². The largest absolute Gasteiger partial charge is 0.366 e. The molecule has 4 rings (SSSR count). The summed E-state index contributed by atoms with van der Waals surface area (Å²) in [5, 5.41) is 6.81. The lowest BCUT2D eigenvalue weighted by Gasteiger charge is -2.12. The van der Waals surface area contributed by atoms with Crippen LogP contribution < -0.4 is 5.73 Å². The molecule has 0 unspecified atom stereocenters. The minimum absolute atomic E-state index is 0.377. The smallest absolute Gasteiger partial charge is 0.249 e. The quantitative estimate of drug-likeness (QED) is 0.511. The van der Waals surface area contributed by atoms with E-state index in [-0.39, 0.29) is 5.91 Å². The molecule has 2 N–H and O–H groups in total. The van der Waals surface area contributed by atoms with Crippen LogP contribution in [0.2, 0.25) is 0 Å². The van der Waals surface area contributed by atoms with Gasteiger partial charge in [-0.05, 0) is 38.4 Å². The molecular weight excluding hydrogens is 234 g/mol. The highest BCUT2D eigenvalue weighted by atomic mass is 16.1. The molecule has 2 heteroatoms. The van der Waals surface area contributed by atoms with Crippen LogP contribution in [-0.4, -0.2) is 5.91 Å². The Morgan fingerprint density at radius 1 is 0.737 bits per heavy atom. The Morgan fingerprint density at radius 2 is 1.32 bits per heavy atom. The Hall–Kier alpha value is -2.61. The van der Waals surface area contributed by atoms with E-state index in [4.69, 9.17) is 5.73 Å². The summed E-state index contributed by atoms with van der Waals surface area (Å²) in [7, 11) is 0. The number of primary amides is 1. The van der Waals surface area contributed by atoms with Crippen molar-refractivity contribution in [2.45, 2.75) is 0 Å². The van der Waals surface area contributed by atoms with Crippen LogP contribution in [0.1, 0.15) is 10.4 Å². The van der Waals surface area contributed by atoms with E-state index in [1.807, 2.05) is 18.2 Å². The third kappa shape index (κ3) is 1.28. The van der Waals surface area contributed by atoms with E-state index in [1.165, 1.54) is 16.2 Å². The summed E-state index contributed by atoms with van der Waals surface area (Å²) in [6, 6.07) is 18.3. The van der Waals surface area contributed by atoms with Gasteiger partial charge in [-0.1, -0.05) is 48.5 Å². The minimum atomic E-state index is -0.377. The van der Waals surface area contributed by atoms with E-state index in [1.54, 1.807) is 0 Å². The number of hydrogen-bond acceptors (Lipinski definition) is 1. The first-order chi connectivity index (χ1) is 9.25. The molecule has 0 bridgehead atoms. The van der Waals surface area contributed by atoms with Crippen LogP contribution in [0.3, 0.4) is 0 Å². The number of rotatable bonds is 1. The number of nitrogens with two attached hydrogens (primary N) is 1. The van der Waals surface area contributed by atoms with Crippen molar-refractivity contribution < 1.29 is 4.79 Å². The average Bonchev–Trinajstić information content (AvgIpc) is 2.44. The average molecular weight is 245 g/mol. The van der Waals surface area contributed by atoms with E-state index < -0.39 is 0 Å². The van der Waals surface area contributed by atoms with Crippen molar-refractivity contribution in [1.82, 2.24) is 0 Å². The summed E-state index contributed by atoms with van der Waals surface area (Å²) >= 11 is 0. The highest BCUT2D eigenvalue weighted by Crippen LogP contribution is 2.35. The topological polar surface area (TPSA) is 43.1 Å². The second kappa shape index (κ2) is 3.45. The molecule has 0 atom stereocenters. The minimum Gasteiger partial charge on any atom is -0.366 e. The highest BCUT2D eigenvalue weighted by Gasteiger charge is 2.12. The molecule has 4 aromatic carbocycles. The molecule has 90 valence electrons. The first-order valence-electron chi connectivity index (χ1n) is 6.22. The molecule has 0 aliphatic carbocycles. The Balaban J connectivity index is 2.38. The maximum absolute atomic E-state index is 11.6. The van der Waals surface area contributed by atoms with Crippen molar-refractivity contribution in [3.8, 4) is 0 Å². The molecule has 2 nitrogen and oxygen atoms in total. The Kier molecular flexibility index (Phi) is 1.88. The van der Waals surface area contributed by atoms with Crippen LogP contribution in [0.25, 0.3) is 32.3 Å². The fourth-order valence-corrected chi connectivity index (χ4v) is 2.95. The zero-order chi connectivity index (χ0) is 13.0. The van der Waals surface area contributed by atoms with Crippen LogP contribution >= 0.6 is 0 Å². The molecule has 0 saturated carbocycles. The molecule has 1 amide bonds. The van der Waals surface area contributed by atoms with E-state index in [0.29, 0.717) is 5.56 Å². The molecule has 19 heavy (non-hydrogen) atoms. The van der Waals surface area contributed by atoms with E-state index in [0.717, 1.165) is 16.2 Å². The lowest BCUT2D eigenvalue weighted by molar-refractivity contribution is 0.100. The van der Waals surface area contributed by atoms with Gasteiger partial charge >= 0.3 is 0 Å². The van der Waals surface area contributed by atoms with Gasteiger partial charge in [0.05, 0.1) is 0 Å². The van der Waals surface area contributed by atoms with E-state index in [2.05, 4.69) is 36.4 Å². The number of carbonyl (C=O) groups is 1. The van der Waals surface area contributed by atoms with Gasteiger partial charge in [0.15, 0.2) is 0 Å². The Morgan fingerprint density at radius 3 is 2.00 bits per heavy atom. The van der Waals surface area contributed by atoms with Gasteiger partial charge in [0, 0.05) is 5.56 Å². The summed E-state index contributed by atoms with van der Waals surface area (Å²) in [5.74, 6) is -0.377. The molecule has 0 radical (unpaired) electrons. The number of benzene rings is 4. The number of amides is 1. The number of hydrogen-bond donors (Lipinski definition) is 1. The first-order valence-corrected chi connectivity index (χ1v) is 6.22. The van der Waals surface area contributed by atoms with E-state index in [9.17, 15) is 4.79 Å². The van der Waals surface area contributed by atoms with E-state index >= 15 is 0 Å². The summed E-state index contributed by atoms with van der Waals surface area (Å²) in [4.78, 5) is 11.6. The van der Waals surface area contributed by atoms with Crippen molar-refractivity contribution in [2.24, 2.45) is 5.73 Å². The van der Waals surface area contributed by atoms with Gasteiger partial charge in [-0.3, -0.25) is 4.79 Å². The van der Waals surface area contributed by atoms with Gasteiger partial charge in [0.2, 0.25) is 5.91 Å². The molecule has 0 fully saturated rings. The monoisotopic (exact) mass is 245 g/mol. The predicted octanol–water partition coefficient (Wildman–Crippen LogP) is 3.68. The SMILES string of the molecule is NC(=O)c1ccc2ccc3cccc4ccc1c2c34. The number of carbonyl (C=O) groups excluding carboxylic acids is 1. The zero-order valence-electron chi connectivity index (χ0n) is 10.2. The third-order valence-corrected chi connectivity index (χ3v) is 3.79. The molecule has 0 heterocycles. The van der Waals surface area contributed by atoms with Crippen molar-refractivity contribution in [2.75, 3.05) is 0 Å². The molecule has 0 spiro atoms. The Bertz CT molecular complexity index is 924. The second-order valence-corrected chi connectivity index (χ2v) is 4.83. The van der Waals surface area contributed by atoms with Gasteiger partial charge < -0.3 is 5.73 Å². The van der Waals surface area contributed by atoms with Crippen LogP contribution in [0.5, 0.6) is 0 Å². The van der Waals surface area contributed by atoms with Crippen LogP contribution in [-0.2, 0) is 0 Å². The van der Waals surface area contributed by atoms with Gasteiger partial charge in [0.1, 0.15) is 0 Å². The maximum atomic E-state index is 11.6. The lowest BCUT2D eigenvalue weighted by Crippen LogP contribution is -2.11.